The van der Waals surface area contributed by atoms with E-state index in [2.05, 4.69) is 4.74 Å². The zero-order valence-electron chi connectivity index (χ0n) is 9.41. The van der Waals surface area contributed by atoms with Crippen LogP contribution in [0.15, 0.2) is 42.5 Å². The summed E-state index contributed by atoms with van der Waals surface area (Å²) < 4.78 is 40.9. The van der Waals surface area contributed by atoms with E-state index in [4.69, 9.17) is 11.6 Å². The lowest BCUT2D eigenvalue weighted by Crippen LogP contribution is -2.17. The molecule has 0 aliphatic carbocycles. The number of hydrogen-bond donors (Lipinski definition) is 1. The number of phenolic OH excluding ortho intramolecular Hbond substituents is 1. The van der Waals surface area contributed by atoms with Gasteiger partial charge in [0.25, 0.3) is 0 Å². The summed E-state index contributed by atoms with van der Waals surface area (Å²) in [5.41, 5.74) is 0.173. The third kappa shape index (κ3) is 3.12. The molecule has 0 spiro atoms. The van der Waals surface area contributed by atoms with Crippen molar-refractivity contribution in [1.29, 1.82) is 0 Å². The fraction of sp³-hybridized carbons (Fsp3) is 0.0769. The topological polar surface area (TPSA) is 29.5 Å². The highest BCUT2D eigenvalue weighted by atomic mass is 35.5. The molecule has 0 saturated heterocycles. The molecule has 0 saturated carbocycles. The molecule has 2 nitrogen and oxygen atoms in total. The molecule has 0 amide bonds. The zero-order valence-corrected chi connectivity index (χ0v) is 10.2. The van der Waals surface area contributed by atoms with Crippen LogP contribution < -0.4 is 4.74 Å². The number of benzene rings is 2. The Kier molecular flexibility index (Phi) is 3.57. The molecule has 100 valence electrons. The molecule has 2 aromatic rings. The molecule has 0 unspecified atom stereocenters. The maximum atomic E-state index is 12.3. The molecule has 1 N–H and O–H groups in total. The van der Waals surface area contributed by atoms with Crippen molar-refractivity contribution in [3.8, 4) is 22.6 Å². The van der Waals surface area contributed by atoms with E-state index in [0.29, 0.717) is 0 Å². The summed E-state index contributed by atoms with van der Waals surface area (Å²) in [6.45, 7) is 0. The van der Waals surface area contributed by atoms with Gasteiger partial charge in [-0.2, -0.15) is 0 Å². The first-order chi connectivity index (χ1) is 8.88. The second-order valence-electron chi connectivity index (χ2n) is 3.68. The van der Waals surface area contributed by atoms with Crippen molar-refractivity contribution in [3.63, 3.8) is 0 Å². The third-order valence-electron chi connectivity index (χ3n) is 2.37. The van der Waals surface area contributed by atoms with E-state index in [1.807, 2.05) is 0 Å². The molecule has 0 bridgehead atoms. The number of ether oxygens (including phenoxy) is 1. The summed E-state index contributed by atoms with van der Waals surface area (Å²) in [6, 6.07) is 9.79. The van der Waals surface area contributed by atoms with Crippen molar-refractivity contribution >= 4 is 11.6 Å². The Morgan fingerprint density at radius 1 is 1.00 bits per heavy atom. The van der Waals surface area contributed by atoms with Gasteiger partial charge < -0.3 is 9.84 Å². The first kappa shape index (κ1) is 13.5. The van der Waals surface area contributed by atoms with Crippen LogP contribution in [-0.4, -0.2) is 11.5 Å². The fourth-order valence-electron chi connectivity index (χ4n) is 1.67. The quantitative estimate of drug-likeness (QED) is 0.874. The molecule has 2 aromatic carbocycles. The van der Waals surface area contributed by atoms with Crippen LogP contribution in [-0.2, 0) is 0 Å². The Balaban J connectivity index is 2.57. The third-order valence-corrected chi connectivity index (χ3v) is 2.69. The molecule has 0 aliphatic rings. The Morgan fingerprint density at radius 2 is 1.68 bits per heavy atom. The van der Waals surface area contributed by atoms with Crippen LogP contribution in [0.1, 0.15) is 0 Å². The van der Waals surface area contributed by atoms with Crippen LogP contribution in [0.2, 0.25) is 5.02 Å². The second kappa shape index (κ2) is 5.01. The standard InChI is InChI=1S/C13H8ClF3O2/c14-9-5-3-6-10(18)12(9)8-4-1-2-7-11(8)19-13(15,16)17/h1-7,18H. The van der Waals surface area contributed by atoms with E-state index in [1.54, 1.807) is 0 Å². The van der Waals surface area contributed by atoms with Crippen molar-refractivity contribution in [2.45, 2.75) is 6.36 Å². The van der Waals surface area contributed by atoms with Gasteiger partial charge in [-0.1, -0.05) is 35.9 Å². The van der Waals surface area contributed by atoms with Gasteiger partial charge in [0.05, 0.1) is 5.02 Å². The summed E-state index contributed by atoms with van der Waals surface area (Å²) in [5, 5.41) is 9.88. The lowest BCUT2D eigenvalue weighted by molar-refractivity contribution is -0.274. The average Bonchev–Trinajstić information content (AvgIpc) is 2.29. The molecule has 0 fully saturated rings. The fourth-order valence-corrected chi connectivity index (χ4v) is 1.94. The molecule has 0 atom stereocenters. The van der Waals surface area contributed by atoms with Crippen molar-refractivity contribution in [2.75, 3.05) is 0 Å². The van der Waals surface area contributed by atoms with Crippen LogP contribution >= 0.6 is 11.6 Å². The number of rotatable bonds is 2. The number of hydrogen-bond acceptors (Lipinski definition) is 2. The number of phenols is 1. The molecule has 19 heavy (non-hydrogen) atoms. The van der Waals surface area contributed by atoms with Gasteiger partial charge in [-0.3, -0.25) is 0 Å². The molecule has 0 heterocycles. The van der Waals surface area contributed by atoms with Gasteiger partial charge in [0.1, 0.15) is 11.5 Å². The molecule has 0 aliphatic heterocycles. The molecular formula is C13H8ClF3O2. The first-order valence-corrected chi connectivity index (χ1v) is 5.59. The molecule has 0 radical (unpaired) electrons. The highest BCUT2D eigenvalue weighted by Crippen LogP contribution is 2.41. The predicted molar refractivity (Wildman–Crippen MR) is 65.2 cm³/mol. The van der Waals surface area contributed by atoms with Gasteiger partial charge in [-0.25, -0.2) is 0 Å². The first-order valence-electron chi connectivity index (χ1n) is 5.21. The van der Waals surface area contributed by atoms with E-state index < -0.39 is 12.1 Å². The van der Waals surface area contributed by atoms with Gasteiger partial charge in [0.2, 0.25) is 0 Å². The summed E-state index contributed by atoms with van der Waals surface area (Å²) >= 11 is 5.91. The minimum atomic E-state index is -4.81. The van der Waals surface area contributed by atoms with Gasteiger partial charge in [-0.15, -0.1) is 13.2 Å². The normalized spacial score (nSPS) is 11.4. The number of alkyl halides is 3. The van der Waals surface area contributed by atoms with Crippen molar-refractivity contribution < 1.29 is 23.0 Å². The van der Waals surface area contributed by atoms with Gasteiger partial charge in [0.15, 0.2) is 0 Å². The summed E-state index contributed by atoms with van der Waals surface area (Å²) in [6.07, 6.45) is -4.81. The lowest BCUT2D eigenvalue weighted by atomic mass is 10.0. The van der Waals surface area contributed by atoms with Crippen LogP contribution in [0.5, 0.6) is 11.5 Å². The highest BCUT2D eigenvalue weighted by molar-refractivity contribution is 6.33. The summed E-state index contributed by atoms with van der Waals surface area (Å²) in [4.78, 5) is 0. The van der Waals surface area contributed by atoms with E-state index in [9.17, 15) is 18.3 Å². The molecular weight excluding hydrogens is 281 g/mol. The monoisotopic (exact) mass is 288 g/mol. The van der Waals surface area contributed by atoms with E-state index in [0.717, 1.165) is 6.07 Å². The molecule has 0 aromatic heterocycles. The smallest absolute Gasteiger partial charge is 0.507 e. The number of para-hydroxylation sites is 1. The van der Waals surface area contributed by atoms with Crippen LogP contribution in [0.4, 0.5) is 13.2 Å². The van der Waals surface area contributed by atoms with Crippen molar-refractivity contribution in [2.24, 2.45) is 0 Å². The largest absolute Gasteiger partial charge is 0.573 e. The number of halogens is 4. The van der Waals surface area contributed by atoms with Gasteiger partial charge in [0, 0.05) is 11.1 Å². The van der Waals surface area contributed by atoms with Gasteiger partial charge in [-0.05, 0) is 18.2 Å². The van der Waals surface area contributed by atoms with Crippen molar-refractivity contribution in [3.05, 3.63) is 47.5 Å². The van der Waals surface area contributed by atoms with E-state index >= 15 is 0 Å². The Hall–Kier alpha value is -1.88. The second-order valence-corrected chi connectivity index (χ2v) is 4.09. The molecule has 2 rings (SSSR count). The van der Waals surface area contributed by atoms with E-state index in [1.165, 1.54) is 36.4 Å². The summed E-state index contributed by atoms with van der Waals surface area (Å²) in [7, 11) is 0. The SMILES string of the molecule is Oc1cccc(Cl)c1-c1ccccc1OC(F)(F)F. The van der Waals surface area contributed by atoms with Crippen molar-refractivity contribution in [1.82, 2.24) is 0 Å². The zero-order chi connectivity index (χ0) is 14.0. The highest BCUT2D eigenvalue weighted by Gasteiger charge is 2.32. The maximum Gasteiger partial charge on any atom is 0.573 e. The lowest BCUT2D eigenvalue weighted by Gasteiger charge is -2.14. The predicted octanol–water partition coefficient (Wildman–Crippen LogP) is 4.61. The van der Waals surface area contributed by atoms with Crippen LogP contribution in [0, 0.1) is 0 Å². The molecule has 6 heteroatoms. The Morgan fingerprint density at radius 3 is 2.32 bits per heavy atom. The van der Waals surface area contributed by atoms with Gasteiger partial charge >= 0.3 is 6.36 Å². The maximum absolute atomic E-state index is 12.3. The number of aromatic hydroxyl groups is 1. The minimum absolute atomic E-state index is 0.0722. The van der Waals surface area contributed by atoms with Crippen LogP contribution in [0.25, 0.3) is 11.1 Å². The average molecular weight is 289 g/mol. The van der Waals surface area contributed by atoms with Crippen LogP contribution in [0.3, 0.4) is 0 Å². The minimum Gasteiger partial charge on any atom is -0.507 e. The summed E-state index contributed by atoms with van der Waals surface area (Å²) in [5.74, 6) is -0.635. The Labute approximate surface area is 112 Å². The Bertz CT molecular complexity index is 576. The van der Waals surface area contributed by atoms with E-state index in [-0.39, 0.29) is 21.9 Å².